The number of aryl methyl sites for hydroxylation is 1. The van der Waals surface area contributed by atoms with E-state index in [4.69, 9.17) is 0 Å². The fourth-order valence-corrected chi connectivity index (χ4v) is 2.78. The summed E-state index contributed by atoms with van der Waals surface area (Å²) in [4.78, 5) is 23.5. The van der Waals surface area contributed by atoms with Gasteiger partial charge in [0.25, 0.3) is 0 Å². The first-order valence-corrected chi connectivity index (χ1v) is 7.27. The fourth-order valence-electron chi connectivity index (χ4n) is 2.78. The minimum atomic E-state index is -0.426. The van der Waals surface area contributed by atoms with Gasteiger partial charge in [-0.2, -0.15) is 0 Å². The van der Waals surface area contributed by atoms with Crippen LogP contribution in [0, 0.1) is 0 Å². The lowest BCUT2D eigenvalue weighted by molar-refractivity contribution is -0.128. The van der Waals surface area contributed by atoms with Crippen LogP contribution in [-0.2, 0) is 16.0 Å². The van der Waals surface area contributed by atoms with Crippen LogP contribution in [0.3, 0.4) is 0 Å². The normalized spacial score (nSPS) is 18.2. The number of hydrogen-bond donors (Lipinski definition) is 2. The Morgan fingerprint density at radius 2 is 2.10 bits per heavy atom. The minimum absolute atomic E-state index is 0.0758. The van der Waals surface area contributed by atoms with Crippen molar-refractivity contribution in [3.63, 3.8) is 0 Å². The molecule has 0 aliphatic heterocycles. The summed E-state index contributed by atoms with van der Waals surface area (Å²) in [5, 5.41) is 5.80. The van der Waals surface area contributed by atoms with Crippen molar-refractivity contribution in [3.8, 4) is 0 Å². The monoisotopic (exact) mass is 274 g/mol. The van der Waals surface area contributed by atoms with E-state index in [1.54, 1.807) is 0 Å². The molecule has 20 heavy (non-hydrogen) atoms. The second kappa shape index (κ2) is 6.55. The zero-order valence-corrected chi connectivity index (χ0v) is 12.1. The quantitative estimate of drug-likeness (QED) is 0.864. The van der Waals surface area contributed by atoms with Crippen LogP contribution in [-0.4, -0.2) is 17.9 Å². The van der Waals surface area contributed by atoms with E-state index in [2.05, 4.69) is 22.8 Å². The highest BCUT2D eigenvalue weighted by atomic mass is 16.2. The number of benzene rings is 1. The summed E-state index contributed by atoms with van der Waals surface area (Å²) in [6.45, 7) is 3.45. The first kappa shape index (κ1) is 14.6. The first-order valence-electron chi connectivity index (χ1n) is 7.27. The highest BCUT2D eigenvalue weighted by Gasteiger charge is 2.26. The van der Waals surface area contributed by atoms with Crippen molar-refractivity contribution in [1.29, 1.82) is 0 Å². The SMILES string of the molecule is CCC[C@H](NC(C)=O)C(=O)N[C@@H]1CCc2ccccc21. The van der Waals surface area contributed by atoms with E-state index in [0.717, 1.165) is 19.3 Å². The molecule has 2 atom stereocenters. The highest BCUT2D eigenvalue weighted by molar-refractivity contribution is 5.87. The molecule has 0 radical (unpaired) electrons. The van der Waals surface area contributed by atoms with Crippen molar-refractivity contribution >= 4 is 11.8 Å². The van der Waals surface area contributed by atoms with Gasteiger partial charge in [0.2, 0.25) is 11.8 Å². The van der Waals surface area contributed by atoms with Gasteiger partial charge >= 0.3 is 0 Å². The maximum atomic E-state index is 12.3. The molecule has 0 saturated carbocycles. The van der Waals surface area contributed by atoms with Crippen LogP contribution >= 0.6 is 0 Å². The maximum Gasteiger partial charge on any atom is 0.243 e. The Balaban J connectivity index is 2.02. The lowest BCUT2D eigenvalue weighted by Gasteiger charge is -2.20. The van der Waals surface area contributed by atoms with Crippen molar-refractivity contribution < 1.29 is 9.59 Å². The molecule has 0 unspecified atom stereocenters. The third-order valence-electron chi connectivity index (χ3n) is 3.72. The fraction of sp³-hybridized carbons (Fsp3) is 0.500. The molecule has 1 aliphatic carbocycles. The van der Waals surface area contributed by atoms with Gasteiger partial charge in [-0.15, -0.1) is 0 Å². The van der Waals surface area contributed by atoms with Crippen LogP contribution < -0.4 is 10.6 Å². The van der Waals surface area contributed by atoms with Gasteiger partial charge in [0.05, 0.1) is 6.04 Å². The van der Waals surface area contributed by atoms with Crippen molar-refractivity contribution in [2.24, 2.45) is 0 Å². The van der Waals surface area contributed by atoms with Crippen molar-refractivity contribution in [2.75, 3.05) is 0 Å². The Bertz CT molecular complexity index is 499. The summed E-state index contributed by atoms with van der Waals surface area (Å²) >= 11 is 0. The zero-order valence-electron chi connectivity index (χ0n) is 12.1. The van der Waals surface area contributed by atoms with Gasteiger partial charge in [-0.1, -0.05) is 37.6 Å². The molecule has 1 aromatic rings. The van der Waals surface area contributed by atoms with Gasteiger partial charge < -0.3 is 10.6 Å². The summed E-state index contributed by atoms with van der Waals surface area (Å²) in [7, 11) is 0. The molecule has 2 N–H and O–H groups in total. The Hall–Kier alpha value is -1.84. The van der Waals surface area contributed by atoms with Crippen LogP contribution in [0.1, 0.15) is 50.3 Å². The number of rotatable bonds is 5. The Kier molecular flexibility index (Phi) is 4.77. The third kappa shape index (κ3) is 3.38. The molecule has 1 aromatic carbocycles. The van der Waals surface area contributed by atoms with E-state index in [1.807, 2.05) is 19.1 Å². The van der Waals surface area contributed by atoms with Crippen LogP contribution in [0.2, 0.25) is 0 Å². The molecule has 0 heterocycles. The predicted molar refractivity (Wildman–Crippen MR) is 78.2 cm³/mol. The molecule has 0 fully saturated rings. The molecule has 0 spiro atoms. The van der Waals surface area contributed by atoms with E-state index in [9.17, 15) is 9.59 Å². The molecule has 2 amide bonds. The van der Waals surface area contributed by atoms with Gasteiger partial charge in [-0.3, -0.25) is 9.59 Å². The van der Waals surface area contributed by atoms with Gasteiger partial charge in [-0.05, 0) is 30.4 Å². The van der Waals surface area contributed by atoms with E-state index >= 15 is 0 Å². The summed E-state index contributed by atoms with van der Waals surface area (Å²) in [6, 6.07) is 7.86. The Labute approximate surface area is 119 Å². The van der Waals surface area contributed by atoms with E-state index in [0.29, 0.717) is 6.42 Å². The average molecular weight is 274 g/mol. The molecule has 2 rings (SSSR count). The van der Waals surface area contributed by atoms with Crippen LogP contribution in [0.25, 0.3) is 0 Å². The molecular formula is C16H22N2O2. The molecule has 0 bridgehead atoms. The number of amides is 2. The van der Waals surface area contributed by atoms with Gasteiger partial charge in [0.15, 0.2) is 0 Å². The summed E-state index contributed by atoms with van der Waals surface area (Å²) < 4.78 is 0. The van der Waals surface area contributed by atoms with Crippen LogP contribution in [0.4, 0.5) is 0 Å². The molecule has 0 aromatic heterocycles. The van der Waals surface area contributed by atoms with Crippen LogP contribution in [0.5, 0.6) is 0 Å². The molecular weight excluding hydrogens is 252 g/mol. The second-order valence-corrected chi connectivity index (χ2v) is 5.34. The van der Waals surface area contributed by atoms with Gasteiger partial charge in [-0.25, -0.2) is 0 Å². The average Bonchev–Trinajstić information content (AvgIpc) is 2.81. The van der Waals surface area contributed by atoms with Crippen molar-refractivity contribution in [3.05, 3.63) is 35.4 Å². The molecule has 4 nitrogen and oxygen atoms in total. The molecule has 108 valence electrons. The molecule has 1 aliphatic rings. The predicted octanol–water partition coefficient (Wildman–Crippen LogP) is 2.09. The minimum Gasteiger partial charge on any atom is -0.347 e. The topological polar surface area (TPSA) is 58.2 Å². The number of carbonyl (C=O) groups excluding carboxylic acids is 2. The third-order valence-corrected chi connectivity index (χ3v) is 3.72. The second-order valence-electron chi connectivity index (χ2n) is 5.34. The lowest BCUT2D eigenvalue weighted by atomic mass is 10.1. The number of carbonyl (C=O) groups is 2. The van der Waals surface area contributed by atoms with Gasteiger partial charge in [0.1, 0.15) is 6.04 Å². The Morgan fingerprint density at radius 1 is 1.35 bits per heavy atom. The first-order chi connectivity index (χ1) is 9.61. The standard InChI is InChI=1S/C16H22N2O2/c1-3-6-15(17-11(2)19)16(20)18-14-10-9-12-7-4-5-8-13(12)14/h4-5,7-8,14-15H,3,6,9-10H2,1-2H3,(H,17,19)(H,18,20)/t14-,15+/m1/s1. The molecule has 4 heteroatoms. The maximum absolute atomic E-state index is 12.3. The van der Waals surface area contributed by atoms with Crippen molar-refractivity contribution in [2.45, 2.75) is 51.6 Å². The highest BCUT2D eigenvalue weighted by Crippen LogP contribution is 2.30. The molecule has 0 saturated heterocycles. The van der Waals surface area contributed by atoms with E-state index in [1.165, 1.54) is 18.1 Å². The van der Waals surface area contributed by atoms with Gasteiger partial charge in [0, 0.05) is 6.92 Å². The smallest absolute Gasteiger partial charge is 0.243 e. The number of fused-ring (bicyclic) bond motifs is 1. The summed E-state index contributed by atoms with van der Waals surface area (Å²) in [6.07, 6.45) is 3.46. The van der Waals surface area contributed by atoms with E-state index in [-0.39, 0.29) is 17.9 Å². The number of nitrogens with one attached hydrogen (secondary N) is 2. The number of hydrogen-bond acceptors (Lipinski definition) is 2. The van der Waals surface area contributed by atoms with E-state index < -0.39 is 6.04 Å². The largest absolute Gasteiger partial charge is 0.347 e. The summed E-state index contributed by atoms with van der Waals surface area (Å²) in [5.74, 6) is -0.242. The van der Waals surface area contributed by atoms with Crippen LogP contribution in [0.15, 0.2) is 24.3 Å². The van der Waals surface area contributed by atoms with Crippen molar-refractivity contribution in [1.82, 2.24) is 10.6 Å². The summed E-state index contributed by atoms with van der Waals surface area (Å²) in [5.41, 5.74) is 2.52. The Morgan fingerprint density at radius 3 is 2.80 bits per heavy atom. The zero-order chi connectivity index (χ0) is 14.5. The lowest BCUT2D eigenvalue weighted by Crippen LogP contribution is -2.46.